The van der Waals surface area contributed by atoms with Gasteiger partial charge in [-0.05, 0) is 41.8 Å². The maximum Gasteiger partial charge on any atom is 0.180 e. The zero-order valence-corrected chi connectivity index (χ0v) is 13.2. The molecule has 0 bridgehead atoms. The van der Waals surface area contributed by atoms with Gasteiger partial charge in [-0.15, -0.1) is 0 Å². The van der Waals surface area contributed by atoms with E-state index in [9.17, 15) is 0 Å². The smallest absolute Gasteiger partial charge is 0.180 e. The first-order chi connectivity index (χ1) is 11.3. The maximum absolute atomic E-state index is 5.24. The Morgan fingerprint density at radius 1 is 0.913 bits per heavy atom. The van der Waals surface area contributed by atoms with Gasteiger partial charge in [-0.1, -0.05) is 24.3 Å². The van der Waals surface area contributed by atoms with Crippen LogP contribution >= 0.6 is 0 Å². The molecular formula is C19H19NO3. The molecule has 3 rings (SSSR count). The highest BCUT2D eigenvalue weighted by atomic mass is 16.5. The Morgan fingerprint density at radius 3 is 2.04 bits per heavy atom. The van der Waals surface area contributed by atoms with Crippen LogP contribution in [0, 0.1) is 0 Å². The van der Waals surface area contributed by atoms with Gasteiger partial charge in [-0.2, -0.15) is 0 Å². The quantitative estimate of drug-likeness (QED) is 0.688. The normalized spacial score (nSPS) is 11.9. The highest BCUT2D eigenvalue weighted by Gasteiger charge is 2.18. The van der Waals surface area contributed by atoms with E-state index in [4.69, 9.17) is 13.9 Å². The molecule has 0 spiro atoms. The number of methoxy groups -OCH3 is 2. The molecule has 23 heavy (non-hydrogen) atoms. The van der Waals surface area contributed by atoms with Gasteiger partial charge in [0.15, 0.2) is 6.39 Å². The van der Waals surface area contributed by atoms with Crippen molar-refractivity contribution in [1.82, 2.24) is 4.98 Å². The van der Waals surface area contributed by atoms with Crippen LogP contribution in [0.3, 0.4) is 0 Å². The van der Waals surface area contributed by atoms with Crippen molar-refractivity contribution < 1.29 is 13.9 Å². The number of oxazole rings is 1. The average Bonchev–Trinajstić information content (AvgIpc) is 3.15. The summed E-state index contributed by atoms with van der Waals surface area (Å²) in [6.07, 6.45) is 4.02. The van der Waals surface area contributed by atoms with Crippen LogP contribution in [0.1, 0.15) is 22.7 Å². The van der Waals surface area contributed by atoms with Gasteiger partial charge in [0.2, 0.25) is 0 Å². The third kappa shape index (κ3) is 3.54. The van der Waals surface area contributed by atoms with Gasteiger partial charge in [-0.25, -0.2) is 4.98 Å². The van der Waals surface area contributed by atoms with Crippen molar-refractivity contribution in [3.05, 3.63) is 78.0 Å². The minimum absolute atomic E-state index is 0.132. The molecule has 0 aliphatic rings. The Kier molecular flexibility index (Phi) is 4.62. The molecule has 0 aliphatic carbocycles. The molecule has 0 saturated carbocycles. The molecule has 0 radical (unpaired) electrons. The fourth-order valence-electron chi connectivity index (χ4n) is 2.62. The predicted molar refractivity (Wildman–Crippen MR) is 88.0 cm³/mol. The molecular weight excluding hydrogens is 290 g/mol. The maximum atomic E-state index is 5.24. The molecule has 4 heteroatoms. The lowest BCUT2D eigenvalue weighted by molar-refractivity contribution is 0.414. The van der Waals surface area contributed by atoms with Crippen LogP contribution in [-0.4, -0.2) is 19.2 Å². The minimum atomic E-state index is 0.132. The molecule has 1 unspecified atom stereocenters. The highest BCUT2D eigenvalue weighted by Crippen LogP contribution is 2.29. The molecule has 0 saturated heterocycles. The van der Waals surface area contributed by atoms with Crippen molar-refractivity contribution in [2.24, 2.45) is 0 Å². The lowest BCUT2D eigenvalue weighted by Gasteiger charge is -2.16. The summed E-state index contributed by atoms with van der Waals surface area (Å²) in [6, 6.07) is 16.2. The summed E-state index contributed by atoms with van der Waals surface area (Å²) in [6.45, 7) is 0. The Bertz CT molecular complexity index is 718. The van der Waals surface area contributed by atoms with Crippen LogP contribution in [0.25, 0.3) is 0 Å². The molecule has 0 N–H and O–H groups in total. The molecule has 3 aromatic rings. The Balaban J connectivity index is 1.88. The van der Waals surface area contributed by atoms with Gasteiger partial charge in [0.25, 0.3) is 0 Å². The van der Waals surface area contributed by atoms with E-state index in [0.717, 1.165) is 23.6 Å². The first-order valence-corrected chi connectivity index (χ1v) is 7.45. The van der Waals surface area contributed by atoms with Crippen molar-refractivity contribution >= 4 is 0 Å². The molecule has 0 fully saturated rings. The monoisotopic (exact) mass is 309 g/mol. The first kappa shape index (κ1) is 15.2. The lowest BCUT2D eigenvalue weighted by Crippen LogP contribution is -2.05. The second kappa shape index (κ2) is 7.01. The highest BCUT2D eigenvalue weighted by molar-refractivity contribution is 5.36. The van der Waals surface area contributed by atoms with Crippen molar-refractivity contribution in [2.45, 2.75) is 12.3 Å². The number of benzene rings is 2. The van der Waals surface area contributed by atoms with Crippen LogP contribution in [0.4, 0.5) is 0 Å². The van der Waals surface area contributed by atoms with Gasteiger partial charge >= 0.3 is 0 Å². The average molecular weight is 309 g/mol. The summed E-state index contributed by atoms with van der Waals surface area (Å²) in [5, 5.41) is 0. The molecule has 1 atom stereocenters. The van der Waals surface area contributed by atoms with Crippen LogP contribution in [0.2, 0.25) is 0 Å². The molecule has 4 nitrogen and oxygen atoms in total. The zero-order chi connectivity index (χ0) is 16.1. The standard InChI is InChI=1S/C19H19NO3/c1-21-16-7-3-14(4-8-16)11-18(19-12-23-13-20-19)15-5-9-17(22-2)10-6-15/h3-10,12-13,18H,11H2,1-2H3. The van der Waals surface area contributed by atoms with Crippen LogP contribution < -0.4 is 9.47 Å². The second-order valence-corrected chi connectivity index (χ2v) is 5.29. The number of hydrogen-bond donors (Lipinski definition) is 0. The van der Waals surface area contributed by atoms with E-state index in [1.165, 1.54) is 17.5 Å². The van der Waals surface area contributed by atoms with E-state index in [1.54, 1.807) is 20.5 Å². The summed E-state index contributed by atoms with van der Waals surface area (Å²) in [7, 11) is 3.34. The lowest BCUT2D eigenvalue weighted by atomic mass is 9.89. The van der Waals surface area contributed by atoms with E-state index < -0.39 is 0 Å². The van der Waals surface area contributed by atoms with E-state index in [1.807, 2.05) is 24.3 Å². The van der Waals surface area contributed by atoms with Gasteiger partial charge < -0.3 is 13.9 Å². The second-order valence-electron chi connectivity index (χ2n) is 5.29. The zero-order valence-electron chi connectivity index (χ0n) is 13.2. The van der Waals surface area contributed by atoms with Gasteiger partial charge in [0.05, 0.1) is 19.9 Å². The SMILES string of the molecule is COc1ccc(CC(c2ccc(OC)cc2)c2cocn2)cc1. The van der Waals surface area contributed by atoms with Crippen molar-refractivity contribution in [2.75, 3.05) is 14.2 Å². The van der Waals surface area contributed by atoms with E-state index in [-0.39, 0.29) is 5.92 Å². The third-order valence-electron chi connectivity index (χ3n) is 3.93. The van der Waals surface area contributed by atoms with Crippen LogP contribution in [0.5, 0.6) is 11.5 Å². The topological polar surface area (TPSA) is 44.5 Å². The number of hydrogen-bond acceptors (Lipinski definition) is 4. The fraction of sp³-hybridized carbons (Fsp3) is 0.211. The third-order valence-corrected chi connectivity index (χ3v) is 3.93. The first-order valence-electron chi connectivity index (χ1n) is 7.45. The fourth-order valence-corrected chi connectivity index (χ4v) is 2.62. The minimum Gasteiger partial charge on any atom is -0.497 e. The molecule has 1 heterocycles. The molecule has 0 aliphatic heterocycles. The summed E-state index contributed by atoms with van der Waals surface area (Å²) in [5.41, 5.74) is 3.32. The number of aromatic nitrogens is 1. The summed E-state index contributed by atoms with van der Waals surface area (Å²) >= 11 is 0. The van der Waals surface area contributed by atoms with Crippen molar-refractivity contribution in [3.8, 4) is 11.5 Å². The van der Waals surface area contributed by atoms with Crippen LogP contribution in [0.15, 0.2) is 65.6 Å². The summed E-state index contributed by atoms with van der Waals surface area (Å²) in [4.78, 5) is 4.34. The Morgan fingerprint density at radius 2 is 1.52 bits per heavy atom. The number of nitrogens with zero attached hydrogens (tertiary/aromatic N) is 1. The number of rotatable bonds is 6. The van der Waals surface area contributed by atoms with E-state index in [0.29, 0.717) is 0 Å². The largest absolute Gasteiger partial charge is 0.497 e. The molecule has 0 amide bonds. The van der Waals surface area contributed by atoms with E-state index >= 15 is 0 Å². The molecule has 1 aromatic heterocycles. The van der Waals surface area contributed by atoms with Gasteiger partial charge in [0.1, 0.15) is 17.8 Å². The van der Waals surface area contributed by atoms with Crippen molar-refractivity contribution in [1.29, 1.82) is 0 Å². The Labute approximate surface area is 135 Å². The van der Waals surface area contributed by atoms with Gasteiger partial charge in [-0.3, -0.25) is 0 Å². The van der Waals surface area contributed by atoms with Crippen LogP contribution in [-0.2, 0) is 6.42 Å². The molecule has 118 valence electrons. The van der Waals surface area contributed by atoms with Crippen molar-refractivity contribution in [3.63, 3.8) is 0 Å². The molecule has 2 aromatic carbocycles. The Hall–Kier alpha value is -2.75. The summed E-state index contributed by atoms with van der Waals surface area (Å²) in [5.74, 6) is 1.83. The van der Waals surface area contributed by atoms with E-state index in [2.05, 4.69) is 29.2 Å². The summed E-state index contributed by atoms with van der Waals surface area (Å²) < 4.78 is 15.6. The number of ether oxygens (including phenoxy) is 2. The predicted octanol–water partition coefficient (Wildman–Crippen LogP) is 4.07. The van der Waals surface area contributed by atoms with Gasteiger partial charge in [0, 0.05) is 5.92 Å².